The van der Waals surface area contributed by atoms with Crippen molar-refractivity contribution in [3.8, 4) is 0 Å². The fraction of sp³-hybridized carbons (Fsp3) is 0.533. The van der Waals surface area contributed by atoms with E-state index in [1.54, 1.807) is 31.9 Å². The molecule has 0 aliphatic rings. The van der Waals surface area contributed by atoms with E-state index < -0.39 is 9.05 Å². The molecule has 4 nitrogen and oxygen atoms in total. The molecule has 0 aliphatic carbocycles. The van der Waals surface area contributed by atoms with E-state index in [9.17, 15) is 13.2 Å². The average molecular weight is 332 g/mol. The fourth-order valence-electron chi connectivity index (χ4n) is 2.12. The smallest absolute Gasteiger partial charge is 0.261 e. The van der Waals surface area contributed by atoms with E-state index in [4.69, 9.17) is 10.7 Å². The zero-order valence-corrected chi connectivity index (χ0v) is 14.5. The Morgan fingerprint density at radius 1 is 1.24 bits per heavy atom. The minimum Gasteiger partial charge on any atom is -0.342 e. The van der Waals surface area contributed by atoms with Crippen molar-refractivity contribution in [3.63, 3.8) is 0 Å². The summed E-state index contributed by atoms with van der Waals surface area (Å²) in [6.07, 6.45) is 3.08. The molecule has 0 heterocycles. The Kier molecular flexibility index (Phi) is 6.23. The van der Waals surface area contributed by atoms with E-state index in [1.165, 1.54) is 6.07 Å². The first-order chi connectivity index (χ1) is 9.68. The van der Waals surface area contributed by atoms with Crippen molar-refractivity contribution in [2.45, 2.75) is 44.9 Å². The Labute approximate surface area is 131 Å². The van der Waals surface area contributed by atoms with Crippen LogP contribution in [-0.4, -0.2) is 32.8 Å². The topological polar surface area (TPSA) is 54.5 Å². The lowest BCUT2D eigenvalue weighted by molar-refractivity contribution is 0.0792. The molecule has 0 spiro atoms. The molecule has 1 aromatic rings. The van der Waals surface area contributed by atoms with Crippen LogP contribution in [0, 0.1) is 13.8 Å². The van der Waals surface area contributed by atoms with E-state index in [1.807, 2.05) is 0 Å². The third-order valence-corrected chi connectivity index (χ3v) is 5.02. The van der Waals surface area contributed by atoms with Crippen LogP contribution in [0.25, 0.3) is 0 Å². The summed E-state index contributed by atoms with van der Waals surface area (Å²) in [7, 11) is 3.31. The molecule has 1 amide bonds. The SMILES string of the molecule is CCCCCN(C)C(=O)c1cc(C)c(C)c(S(=O)(=O)Cl)c1. The van der Waals surface area contributed by atoms with Gasteiger partial charge in [-0.05, 0) is 43.5 Å². The number of aryl methyl sites for hydroxylation is 1. The highest BCUT2D eigenvalue weighted by atomic mass is 35.7. The molecule has 0 saturated heterocycles. The van der Waals surface area contributed by atoms with Gasteiger partial charge in [0.2, 0.25) is 0 Å². The molecule has 0 fully saturated rings. The zero-order valence-electron chi connectivity index (χ0n) is 12.9. The van der Waals surface area contributed by atoms with Gasteiger partial charge in [0, 0.05) is 29.8 Å². The Hall–Kier alpha value is -1.07. The number of amides is 1. The summed E-state index contributed by atoms with van der Waals surface area (Å²) in [6.45, 7) is 6.21. The van der Waals surface area contributed by atoms with Gasteiger partial charge in [-0.2, -0.15) is 0 Å². The lowest BCUT2D eigenvalue weighted by atomic mass is 10.1. The number of rotatable bonds is 6. The Morgan fingerprint density at radius 2 is 1.86 bits per heavy atom. The molecule has 0 atom stereocenters. The second-order valence-electron chi connectivity index (χ2n) is 5.29. The van der Waals surface area contributed by atoms with Crippen LogP contribution in [0.4, 0.5) is 0 Å². The summed E-state index contributed by atoms with van der Waals surface area (Å²) >= 11 is 0. The van der Waals surface area contributed by atoms with E-state index in [2.05, 4.69) is 6.92 Å². The van der Waals surface area contributed by atoms with Gasteiger partial charge in [0.15, 0.2) is 0 Å². The fourth-order valence-corrected chi connectivity index (χ4v) is 3.40. The van der Waals surface area contributed by atoms with E-state index >= 15 is 0 Å². The van der Waals surface area contributed by atoms with Gasteiger partial charge in [0.1, 0.15) is 0 Å². The molecular weight excluding hydrogens is 310 g/mol. The normalized spacial score (nSPS) is 11.5. The van der Waals surface area contributed by atoms with Crippen molar-refractivity contribution in [1.29, 1.82) is 0 Å². The quantitative estimate of drug-likeness (QED) is 0.592. The highest BCUT2D eigenvalue weighted by molar-refractivity contribution is 8.13. The van der Waals surface area contributed by atoms with Gasteiger partial charge >= 0.3 is 0 Å². The van der Waals surface area contributed by atoms with Gasteiger partial charge in [-0.3, -0.25) is 4.79 Å². The van der Waals surface area contributed by atoms with Crippen LogP contribution in [-0.2, 0) is 9.05 Å². The molecule has 0 bridgehead atoms. The van der Waals surface area contributed by atoms with E-state index in [-0.39, 0.29) is 10.8 Å². The molecule has 6 heteroatoms. The third kappa shape index (κ3) is 4.71. The maximum absolute atomic E-state index is 12.4. The average Bonchev–Trinajstić information content (AvgIpc) is 2.39. The minimum atomic E-state index is -3.86. The molecule has 0 unspecified atom stereocenters. The van der Waals surface area contributed by atoms with Crippen LogP contribution in [0.2, 0.25) is 0 Å². The summed E-state index contributed by atoms with van der Waals surface area (Å²) in [5.41, 5.74) is 1.67. The molecule has 0 aliphatic heterocycles. The van der Waals surface area contributed by atoms with Crippen molar-refractivity contribution in [1.82, 2.24) is 4.90 Å². The predicted octanol–water partition coefficient (Wildman–Crippen LogP) is 3.49. The molecule has 0 saturated carbocycles. The zero-order chi connectivity index (χ0) is 16.2. The molecule has 21 heavy (non-hydrogen) atoms. The molecule has 1 rings (SSSR count). The maximum atomic E-state index is 12.4. The van der Waals surface area contributed by atoms with Gasteiger partial charge in [0.25, 0.3) is 15.0 Å². The largest absolute Gasteiger partial charge is 0.342 e. The lowest BCUT2D eigenvalue weighted by Crippen LogP contribution is -2.28. The number of carbonyl (C=O) groups excluding carboxylic acids is 1. The van der Waals surface area contributed by atoms with Crippen molar-refractivity contribution in [2.75, 3.05) is 13.6 Å². The van der Waals surface area contributed by atoms with Crippen LogP contribution in [0.3, 0.4) is 0 Å². The van der Waals surface area contributed by atoms with Crippen molar-refractivity contribution >= 4 is 25.6 Å². The molecule has 1 aromatic carbocycles. The molecule has 0 N–H and O–H groups in total. The standard InChI is InChI=1S/C15H22ClNO3S/c1-5-6-7-8-17(4)15(18)13-9-11(2)12(3)14(10-13)21(16,19)20/h9-10H,5-8H2,1-4H3. The highest BCUT2D eigenvalue weighted by Crippen LogP contribution is 2.24. The number of carbonyl (C=O) groups is 1. The van der Waals surface area contributed by atoms with Gasteiger partial charge in [-0.1, -0.05) is 19.8 Å². The predicted molar refractivity (Wildman–Crippen MR) is 85.4 cm³/mol. The van der Waals surface area contributed by atoms with Gasteiger partial charge < -0.3 is 4.90 Å². The summed E-state index contributed by atoms with van der Waals surface area (Å²) in [5, 5.41) is 0. The van der Waals surface area contributed by atoms with Crippen molar-refractivity contribution < 1.29 is 13.2 Å². The highest BCUT2D eigenvalue weighted by Gasteiger charge is 2.20. The second kappa shape index (κ2) is 7.27. The van der Waals surface area contributed by atoms with Gasteiger partial charge in [-0.25, -0.2) is 8.42 Å². The molecule has 0 radical (unpaired) electrons. The van der Waals surface area contributed by atoms with E-state index in [0.29, 0.717) is 17.7 Å². The number of nitrogens with zero attached hydrogens (tertiary/aromatic N) is 1. The number of unbranched alkanes of at least 4 members (excludes halogenated alkanes) is 2. The van der Waals surface area contributed by atoms with Crippen LogP contribution >= 0.6 is 10.7 Å². The molecule has 0 aromatic heterocycles. The summed E-state index contributed by atoms with van der Waals surface area (Å²) in [6, 6.07) is 3.07. The number of hydrogen-bond donors (Lipinski definition) is 0. The first kappa shape index (κ1) is 18.0. The number of benzene rings is 1. The lowest BCUT2D eigenvalue weighted by Gasteiger charge is -2.18. The van der Waals surface area contributed by atoms with Crippen LogP contribution in [0.5, 0.6) is 0 Å². The Bertz CT molecular complexity index is 626. The minimum absolute atomic E-state index is 0.00877. The van der Waals surface area contributed by atoms with Crippen LogP contribution in [0.15, 0.2) is 17.0 Å². The third-order valence-electron chi connectivity index (χ3n) is 3.57. The Balaban J connectivity index is 3.09. The maximum Gasteiger partial charge on any atom is 0.261 e. The molecular formula is C15H22ClNO3S. The summed E-state index contributed by atoms with van der Waals surface area (Å²) < 4.78 is 23.2. The number of hydrogen-bond acceptors (Lipinski definition) is 3. The van der Waals surface area contributed by atoms with Crippen molar-refractivity contribution in [3.05, 3.63) is 28.8 Å². The van der Waals surface area contributed by atoms with Crippen LogP contribution in [0.1, 0.15) is 47.7 Å². The monoisotopic (exact) mass is 331 g/mol. The summed E-state index contributed by atoms with van der Waals surface area (Å²) in [4.78, 5) is 14.0. The van der Waals surface area contributed by atoms with Gasteiger partial charge in [-0.15, -0.1) is 0 Å². The van der Waals surface area contributed by atoms with Crippen LogP contribution < -0.4 is 0 Å². The van der Waals surface area contributed by atoms with E-state index in [0.717, 1.165) is 24.8 Å². The summed E-state index contributed by atoms with van der Waals surface area (Å²) in [5.74, 6) is -0.184. The number of halogens is 1. The second-order valence-corrected chi connectivity index (χ2v) is 7.82. The first-order valence-corrected chi connectivity index (χ1v) is 9.30. The first-order valence-electron chi connectivity index (χ1n) is 6.99. The van der Waals surface area contributed by atoms with Gasteiger partial charge in [0.05, 0.1) is 4.90 Å². The Morgan fingerprint density at radius 3 is 2.38 bits per heavy atom. The molecule has 118 valence electrons. The van der Waals surface area contributed by atoms with Crippen molar-refractivity contribution in [2.24, 2.45) is 0 Å².